The maximum absolute atomic E-state index is 5.99. The van der Waals surface area contributed by atoms with Crippen LogP contribution in [0.5, 0.6) is 11.5 Å². The molecule has 2 aromatic rings. The van der Waals surface area contributed by atoms with Crippen molar-refractivity contribution in [2.24, 2.45) is 0 Å². The summed E-state index contributed by atoms with van der Waals surface area (Å²) in [7, 11) is 1.91. The van der Waals surface area contributed by atoms with Crippen LogP contribution >= 0.6 is 24.0 Å². The number of ether oxygens (including phenoxy) is 2. The summed E-state index contributed by atoms with van der Waals surface area (Å²) >= 11 is 5.89. The third-order valence-corrected chi connectivity index (χ3v) is 3.28. The van der Waals surface area contributed by atoms with E-state index in [9.17, 15) is 0 Å². The maximum atomic E-state index is 5.99. The normalized spacial score (nSPS) is 9.95. The van der Waals surface area contributed by atoms with E-state index in [1.54, 1.807) is 0 Å². The number of nitrogens with one attached hydrogen (secondary N) is 1. The lowest BCUT2D eigenvalue weighted by molar-refractivity contribution is 0.266. The van der Waals surface area contributed by atoms with Gasteiger partial charge in [-0.3, -0.25) is 0 Å². The molecule has 120 valence electrons. The molecule has 0 unspecified atom stereocenters. The van der Waals surface area contributed by atoms with Crippen LogP contribution in [0.4, 0.5) is 0 Å². The van der Waals surface area contributed by atoms with Crippen LogP contribution in [0.15, 0.2) is 42.5 Å². The molecule has 2 aromatic carbocycles. The Balaban J connectivity index is 0.00000242. The lowest BCUT2D eigenvalue weighted by Crippen LogP contribution is -2.09. The van der Waals surface area contributed by atoms with Gasteiger partial charge in [0.25, 0.3) is 0 Å². The van der Waals surface area contributed by atoms with Gasteiger partial charge in [0, 0.05) is 17.1 Å². The van der Waals surface area contributed by atoms with Crippen LogP contribution in [0.25, 0.3) is 0 Å². The largest absolute Gasteiger partial charge is 0.490 e. The van der Waals surface area contributed by atoms with E-state index < -0.39 is 0 Å². The Morgan fingerprint density at radius 1 is 1.05 bits per heavy atom. The minimum absolute atomic E-state index is 0. The first-order valence-corrected chi connectivity index (χ1v) is 7.39. The molecule has 0 aliphatic rings. The standard InChI is InChI=1S/C17H20ClNO2.ClH/c1-3-20-16-6-4-5-14(11-19-2)17(16)21-12-13-7-9-15(18)10-8-13;/h4-10,19H,3,11-12H2,1-2H3;1H. The zero-order valence-electron chi connectivity index (χ0n) is 12.8. The molecule has 0 saturated carbocycles. The first-order valence-electron chi connectivity index (χ1n) is 7.01. The highest BCUT2D eigenvalue weighted by atomic mass is 35.5. The highest BCUT2D eigenvalue weighted by Crippen LogP contribution is 2.32. The van der Waals surface area contributed by atoms with Crippen LogP contribution in [-0.2, 0) is 13.2 Å². The summed E-state index contributed by atoms with van der Waals surface area (Å²) < 4.78 is 11.6. The monoisotopic (exact) mass is 341 g/mol. The summed E-state index contributed by atoms with van der Waals surface area (Å²) in [5.41, 5.74) is 2.15. The third-order valence-electron chi connectivity index (χ3n) is 3.02. The summed E-state index contributed by atoms with van der Waals surface area (Å²) in [6, 6.07) is 13.6. The van der Waals surface area contributed by atoms with Gasteiger partial charge < -0.3 is 14.8 Å². The van der Waals surface area contributed by atoms with Crippen molar-refractivity contribution in [2.75, 3.05) is 13.7 Å². The molecule has 0 aromatic heterocycles. The Morgan fingerprint density at radius 3 is 2.41 bits per heavy atom. The molecule has 0 amide bonds. The fourth-order valence-corrected chi connectivity index (χ4v) is 2.19. The number of benzene rings is 2. The summed E-state index contributed by atoms with van der Waals surface area (Å²) in [5, 5.41) is 3.87. The van der Waals surface area contributed by atoms with Gasteiger partial charge >= 0.3 is 0 Å². The van der Waals surface area contributed by atoms with Crippen molar-refractivity contribution in [1.29, 1.82) is 0 Å². The summed E-state index contributed by atoms with van der Waals surface area (Å²) in [6.07, 6.45) is 0. The van der Waals surface area contributed by atoms with Gasteiger partial charge in [0.05, 0.1) is 6.61 Å². The molecule has 2 rings (SSSR count). The van der Waals surface area contributed by atoms with Crippen LogP contribution in [0.3, 0.4) is 0 Å². The highest BCUT2D eigenvalue weighted by molar-refractivity contribution is 6.30. The van der Waals surface area contributed by atoms with Crippen LogP contribution in [0, 0.1) is 0 Å². The molecule has 0 spiro atoms. The molecule has 0 aliphatic carbocycles. The predicted molar refractivity (Wildman–Crippen MR) is 93.4 cm³/mol. The first kappa shape index (κ1) is 18.6. The molecule has 3 nitrogen and oxygen atoms in total. The van der Waals surface area contributed by atoms with E-state index in [0.29, 0.717) is 13.2 Å². The molecule has 1 N–H and O–H groups in total. The van der Waals surface area contributed by atoms with Crippen LogP contribution in [0.1, 0.15) is 18.1 Å². The fraction of sp³-hybridized carbons (Fsp3) is 0.294. The number of para-hydroxylation sites is 1. The highest BCUT2D eigenvalue weighted by Gasteiger charge is 2.10. The van der Waals surface area contributed by atoms with E-state index >= 15 is 0 Å². The second-order valence-corrected chi connectivity index (χ2v) is 5.06. The van der Waals surface area contributed by atoms with Gasteiger partial charge in [-0.05, 0) is 37.7 Å². The predicted octanol–water partition coefficient (Wildman–Crippen LogP) is 4.46. The quantitative estimate of drug-likeness (QED) is 0.806. The fourth-order valence-electron chi connectivity index (χ4n) is 2.06. The summed E-state index contributed by atoms with van der Waals surface area (Å²) in [6.45, 7) is 3.79. The topological polar surface area (TPSA) is 30.5 Å². The molecule has 0 radical (unpaired) electrons. The second-order valence-electron chi connectivity index (χ2n) is 4.62. The van der Waals surface area contributed by atoms with Gasteiger partial charge in [-0.25, -0.2) is 0 Å². The van der Waals surface area contributed by atoms with Crippen molar-refractivity contribution in [3.63, 3.8) is 0 Å². The van der Waals surface area contributed by atoms with E-state index in [1.807, 2.05) is 56.4 Å². The first-order chi connectivity index (χ1) is 10.2. The van der Waals surface area contributed by atoms with Crippen molar-refractivity contribution < 1.29 is 9.47 Å². The van der Waals surface area contributed by atoms with Crippen molar-refractivity contribution in [3.8, 4) is 11.5 Å². The van der Waals surface area contributed by atoms with E-state index in [-0.39, 0.29) is 12.4 Å². The van der Waals surface area contributed by atoms with Crippen molar-refractivity contribution in [2.45, 2.75) is 20.1 Å². The molecule has 5 heteroatoms. The van der Waals surface area contributed by atoms with Crippen molar-refractivity contribution >= 4 is 24.0 Å². The second kappa shape index (κ2) is 9.57. The lowest BCUT2D eigenvalue weighted by atomic mass is 10.1. The Hall–Kier alpha value is -1.42. The number of halogens is 2. The molecule has 0 heterocycles. The van der Waals surface area contributed by atoms with Gasteiger partial charge in [0.2, 0.25) is 0 Å². The van der Waals surface area contributed by atoms with Gasteiger partial charge in [0.1, 0.15) is 6.61 Å². The van der Waals surface area contributed by atoms with Gasteiger partial charge in [-0.15, -0.1) is 12.4 Å². The third kappa shape index (κ3) is 5.09. The smallest absolute Gasteiger partial charge is 0.166 e. The Bertz CT molecular complexity index is 549. The van der Waals surface area contributed by atoms with Crippen molar-refractivity contribution in [3.05, 3.63) is 58.6 Å². The molecule has 0 saturated heterocycles. The Morgan fingerprint density at radius 2 is 1.77 bits per heavy atom. The molecule has 0 bridgehead atoms. The summed E-state index contributed by atoms with van der Waals surface area (Å²) in [4.78, 5) is 0. The molecule has 22 heavy (non-hydrogen) atoms. The minimum atomic E-state index is 0. The van der Waals surface area contributed by atoms with Gasteiger partial charge in [-0.2, -0.15) is 0 Å². The molecule has 0 aliphatic heterocycles. The Kier molecular flexibility index (Phi) is 8.10. The van der Waals surface area contributed by atoms with Crippen LogP contribution in [-0.4, -0.2) is 13.7 Å². The molecule has 0 atom stereocenters. The molecular formula is C17H21Cl2NO2. The summed E-state index contributed by atoms with van der Waals surface area (Å²) in [5.74, 6) is 1.57. The molecular weight excluding hydrogens is 321 g/mol. The minimum Gasteiger partial charge on any atom is -0.490 e. The molecule has 0 fully saturated rings. The van der Waals surface area contributed by atoms with E-state index in [0.717, 1.165) is 34.2 Å². The van der Waals surface area contributed by atoms with Crippen LogP contribution < -0.4 is 14.8 Å². The van der Waals surface area contributed by atoms with E-state index in [1.165, 1.54) is 0 Å². The average Bonchev–Trinajstić information content (AvgIpc) is 2.49. The van der Waals surface area contributed by atoms with Crippen LogP contribution in [0.2, 0.25) is 5.02 Å². The zero-order chi connectivity index (χ0) is 15.1. The lowest BCUT2D eigenvalue weighted by Gasteiger charge is -2.16. The number of hydrogen-bond donors (Lipinski definition) is 1. The number of rotatable bonds is 7. The van der Waals surface area contributed by atoms with Gasteiger partial charge in [0.15, 0.2) is 11.5 Å². The van der Waals surface area contributed by atoms with E-state index in [2.05, 4.69) is 5.32 Å². The van der Waals surface area contributed by atoms with E-state index in [4.69, 9.17) is 21.1 Å². The average molecular weight is 342 g/mol. The van der Waals surface area contributed by atoms with Crippen molar-refractivity contribution in [1.82, 2.24) is 5.32 Å². The number of hydrogen-bond acceptors (Lipinski definition) is 3. The Labute approximate surface area is 143 Å². The van der Waals surface area contributed by atoms with Gasteiger partial charge in [-0.1, -0.05) is 35.9 Å². The maximum Gasteiger partial charge on any atom is 0.166 e. The zero-order valence-corrected chi connectivity index (χ0v) is 14.3. The SMILES string of the molecule is CCOc1cccc(CNC)c1OCc1ccc(Cl)cc1.Cl.